The van der Waals surface area contributed by atoms with Gasteiger partial charge in [-0.2, -0.15) is 30.6 Å². The first-order chi connectivity index (χ1) is 40.8. The van der Waals surface area contributed by atoms with Crippen LogP contribution in [0.3, 0.4) is 0 Å². The number of nitrogens with zero attached hydrogens (tertiary/aromatic N) is 10. The van der Waals surface area contributed by atoms with E-state index in [1.807, 2.05) is 56.3 Å². The molecule has 20 heteroatoms. The van der Waals surface area contributed by atoms with Gasteiger partial charge in [0.2, 0.25) is 11.8 Å². The van der Waals surface area contributed by atoms with Crippen molar-refractivity contribution in [1.82, 2.24) is 30.0 Å². The molecule has 0 saturated carbocycles. The fourth-order valence-electron chi connectivity index (χ4n) is 9.26. The topological polar surface area (TPSA) is 229 Å². The molecule has 0 aliphatic carbocycles. The number of imide groups is 4. The van der Waals surface area contributed by atoms with Gasteiger partial charge in [0.15, 0.2) is 10.3 Å². The lowest BCUT2D eigenvalue weighted by molar-refractivity contribution is -0.163. The Morgan fingerprint density at radius 2 is 0.894 bits per heavy atom. The van der Waals surface area contributed by atoms with Gasteiger partial charge < -0.3 is 9.80 Å². The maximum Gasteiger partial charge on any atom is 0.291 e. The predicted octanol–water partition coefficient (Wildman–Crippen LogP) is 12.3. The van der Waals surface area contributed by atoms with Gasteiger partial charge in [-0.25, -0.2) is 9.97 Å². The molecule has 0 bridgehead atoms. The second-order valence-electron chi connectivity index (χ2n) is 20.6. The highest BCUT2D eigenvalue weighted by Gasteiger charge is 2.45. The molecular formula is C65H72N10O8S2. The van der Waals surface area contributed by atoms with Crippen LogP contribution in [0.1, 0.15) is 163 Å². The summed E-state index contributed by atoms with van der Waals surface area (Å²) in [6.45, 7) is 21.2. The maximum atomic E-state index is 14.1. The van der Waals surface area contributed by atoms with Gasteiger partial charge in [0.05, 0.1) is 21.1 Å². The molecule has 7 rings (SSSR count). The molecule has 0 spiro atoms. The fraction of sp³-hybridized carbons (Fsp3) is 0.354. The number of aromatic nitrogens is 2. The smallest absolute Gasteiger partial charge is 0.291 e. The Hall–Kier alpha value is -8.98. The molecule has 4 heterocycles. The van der Waals surface area contributed by atoms with Gasteiger partial charge in [-0.15, -0.1) is 0 Å². The number of thiazole rings is 2. The van der Waals surface area contributed by atoms with Crippen LogP contribution >= 0.6 is 22.7 Å². The van der Waals surface area contributed by atoms with Crippen molar-refractivity contribution < 1.29 is 38.4 Å². The molecule has 0 unspecified atom stereocenters. The first kappa shape index (κ1) is 65.2. The number of anilines is 2. The van der Waals surface area contributed by atoms with Crippen LogP contribution in [0.5, 0.6) is 0 Å². The average Bonchev–Trinajstić information content (AvgIpc) is 1.50. The van der Waals surface area contributed by atoms with E-state index in [9.17, 15) is 48.9 Å². The predicted molar refractivity (Wildman–Crippen MR) is 331 cm³/mol. The quantitative estimate of drug-likeness (QED) is 0.0464. The van der Waals surface area contributed by atoms with Crippen molar-refractivity contribution in [2.75, 3.05) is 36.0 Å². The minimum Gasteiger partial charge on any atom is -0.348 e. The fourth-order valence-corrected chi connectivity index (χ4v) is 11.6. The number of benzene rings is 3. The monoisotopic (exact) mass is 1180 g/mol. The van der Waals surface area contributed by atoms with Crippen molar-refractivity contribution >= 4 is 92.3 Å². The number of carbonyl (C=O) groups excluding carboxylic acids is 8. The summed E-state index contributed by atoms with van der Waals surface area (Å²) < 4.78 is 0. The molecule has 2 aliphatic rings. The van der Waals surface area contributed by atoms with Gasteiger partial charge in [0, 0.05) is 67.9 Å². The Morgan fingerprint density at radius 3 is 1.25 bits per heavy atom. The summed E-state index contributed by atoms with van der Waals surface area (Å²) in [6, 6.07) is 29.1. The van der Waals surface area contributed by atoms with Crippen LogP contribution in [-0.4, -0.2) is 103 Å². The highest BCUT2D eigenvalue weighted by molar-refractivity contribution is 7.17. The van der Waals surface area contributed by atoms with Gasteiger partial charge in [-0.1, -0.05) is 157 Å². The number of unbranched alkanes of at least 4 members (excludes halogenated alkanes) is 4. The van der Waals surface area contributed by atoms with E-state index in [1.165, 1.54) is 60.8 Å². The Morgan fingerprint density at radius 1 is 0.541 bits per heavy atom. The maximum absolute atomic E-state index is 14.1. The van der Waals surface area contributed by atoms with Crippen molar-refractivity contribution in [2.24, 2.45) is 0 Å². The standard InChI is InChI=1S/C34H35N5O4S.C31H37N5O4S/c1-5-7-19-37(20-8-6-2)34-36-30(25-15-11-9-12-16-25)29(44-34)21-27-23(3)28(22-35)33(43)39(32(27)42)38(24(4)40)31(41)26-17-13-10-14-18-26;1-7-9-16-34(17-10-8-2)31-33-27(20(3)4)26(41-31)18-24-21(5)25(19-32)30(40)36(29(24)39)35(22(6)37)28(38)23-14-12-11-13-15-23/h9-18,21H,5-8,19-20H2,1-4H3;11-15,18,20H,7-10,16-17H2,1-6H3/b27-21-;24-18-. The Balaban J connectivity index is 0.000000273. The van der Waals surface area contributed by atoms with Crippen LogP contribution < -0.4 is 9.80 Å². The minimum atomic E-state index is -1.04. The zero-order chi connectivity index (χ0) is 62.1. The third-order valence-electron chi connectivity index (χ3n) is 14.0. The molecule has 0 N–H and O–H groups in total. The van der Waals surface area contributed by atoms with Crippen LogP contribution in [0.25, 0.3) is 23.4 Å². The number of hydrogen-bond acceptors (Lipinski definition) is 16. The lowest BCUT2D eigenvalue weighted by Crippen LogP contribution is -2.57. The third-order valence-corrected chi connectivity index (χ3v) is 16.1. The number of hydrogen-bond donors (Lipinski definition) is 0. The van der Waals surface area contributed by atoms with Crippen molar-refractivity contribution in [1.29, 1.82) is 10.5 Å². The molecule has 3 aromatic carbocycles. The highest BCUT2D eigenvalue weighted by atomic mass is 32.1. The van der Waals surface area contributed by atoms with E-state index in [1.54, 1.807) is 48.6 Å². The first-order valence-electron chi connectivity index (χ1n) is 28.6. The molecule has 442 valence electrons. The number of hydrazine groups is 2. The lowest BCUT2D eigenvalue weighted by Gasteiger charge is -2.34. The van der Waals surface area contributed by atoms with Crippen LogP contribution in [-0.2, 0) is 28.8 Å². The molecule has 2 aliphatic heterocycles. The third kappa shape index (κ3) is 15.1. The van der Waals surface area contributed by atoms with Crippen molar-refractivity contribution in [3.05, 3.63) is 151 Å². The van der Waals surface area contributed by atoms with Crippen LogP contribution in [0, 0.1) is 22.7 Å². The molecule has 0 saturated heterocycles. The molecule has 0 fully saturated rings. The van der Waals surface area contributed by atoms with E-state index in [0.717, 1.165) is 118 Å². The highest BCUT2D eigenvalue weighted by Crippen LogP contribution is 2.39. The summed E-state index contributed by atoms with van der Waals surface area (Å²) in [5.41, 5.74) is 2.30. The van der Waals surface area contributed by atoms with Gasteiger partial charge in [-0.3, -0.25) is 38.4 Å². The van der Waals surface area contributed by atoms with Gasteiger partial charge in [-0.05, 0) is 93.0 Å². The van der Waals surface area contributed by atoms with Crippen molar-refractivity contribution in [2.45, 2.75) is 127 Å². The molecule has 85 heavy (non-hydrogen) atoms. The second kappa shape index (κ2) is 30.5. The number of rotatable bonds is 22. The normalized spacial score (nSPS) is 14.4. The molecule has 18 nitrogen and oxygen atoms in total. The summed E-state index contributed by atoms with van der Waals surface area (Å²) in [5.74, 6) is -7.14. The number of amides is 8. The van der Waals surface area contributed by atoms with E-state index in [0.29, 0.717) is 30.6 Å². The zero-order valence-corrected chi connectivity index (χ0v) is 51.6. The second-order valence-corrected chi connectivity index (χ2v) is 22.6. The SMILES string of the molecule is CCCCN(CCCC)c1nc(-c2ccccc2)c(/C=C2\C(=O)N(N(C(C)=O)C(=O)c3ccccc3)C(=O)C(C#N)=C2C)s1.CCCCN(CCCC)c1nc(C(C)C)c(/C=C2\C(=O)N(N(C(C)=O)C(=O)c3ccccc3)C(=O)C(C#N)=C2C)s1. The summed E-state index contributed by atoms with van der Waals surface area (Å²) in [6.07, 6.45) is 11.5. The van der Waals surface area contributed by atoms with Gasteiger partial charge in [0.25, 0.3) is 35.4 Å². The van der Waals surface area contributed by atoms with E-state index < -0.39 is 47.3 Å². The lowest BCUT2D eigenvalue weighted by atomic mass is 9.95. The van der Waals surface area contributed by atoms with E-state index in [4.69, 9.17) is 9.97 Å². The molecule has 0 atom stereocenters. The Kier molecular flexibility index (Phi) is 23.4. The van der Waals surface area contributed by atoms with E-state index >= 15 is 0 Å². The van der Waals surface area contributed by atoms with Gasteiger partial charge >= 0.3 is 0 Å². The average molecular weight is 1190 g/mol. The van der Waals surface area contributed by atoms with Crippen LogP contribution in [0.2, 0.25) is 0 Å². The molecule has 0 radical (unpaired) electrons. The van der Waals surface area contributed by atoms with E-state index in [2.05, 4.69) is 37.5 Å². The van der Waals surface area contributed by atoms with Crippen LogP contribution in [0.4, 0.5) is 10.3 Å². The van der Waals surface area contributed by atoms with E-state index in [-0.39, 0.29) is 50.5 Å². The minimum absolute atomic E-state index is 0.0225. The summed E-state index contributed by atoms with van der Waals surface area (Å²) in [4.78, 5) is 123. The molecule has 5 aromatic rings. The van der Waals surface area contributed by atoms with Crippen molar-refractivity contribution in [3.63, 3.8) is 0 Å². The van der Waals surface area contributed by atoms with Gasteiger partial charge in [0.1, 0.15) is 23.3 Å². The molecular weight excluding hydrogens is 1110 g/mol. The Labute approximate surface area is 505 Å². The molecule has 8 amide bonds. The van der Waals surface area contributed by atoms with Crippen molar-refractivity contribution in [3.8, 4) is 23.4 Å². The summed E-state index contributed by atoms with van der Waals surface area (Å²) in [7, 11) is 0. The Bertz CT molecular complexity index is 3520. The zero-order valence-electron chi connectivity index (χ0n) is 49.9. The summed E-state index contributed by atoms with van der Waals surface area (Å²) >= 11 is 2.87. The number of nitriles is 2. The first-order valence-corrected chi connectivity index (χ1v) is 30.2. The van der Waals surface area contributed by atoms with Crippen LogP contribution in [0.15, 0.2) is 124 Å². The number of carbonyl (C=O) groups is 8. The largest absolute Gasteiger partial charge is 0.348 e. The summed E-state index contributed by atoms with van der Waals surface area (Å²) in [5, 5.41) is 23.5. The molecule has 2 aromatic heterocycles.